The maximum atomic E-state index is 9.42. The number of rotatable bonds is 5. The first-order valence-electron chi connectivity index (χ1n) is 7.37. The molecular weight excluding hydrogens is 347 g/mol. The molecule has 4 nitrogen and oxygen atoms in total. The van der Waals surface area contributed by atoms with E-state index in [1.807, 2.05) is 36.4 Å². The molecule has 2 aromatic carbocycles. The predicted molar refractivity (Wildman–Crippen MR) is 95.3 cm³/mol. The van der Waals surface area contributed by atoms with E-state index in [-0.39, 0.29) is 6.61 Å². The molecule has 0 aliphatic carbocycles. The van der Waals surface area contributed by atoms with Crippen LogP contribution in [0.2, 0.25) is 10.0 Å². The number of benzene rings is 2. The van der Waals surface area contributed by atoms with E-state index in [4.69, 9.17) is 27.9 Å². The monoisotopic (exact) mass is 362 g/mol. The third-order valence-corrected chi connectivity index (χ3v) is 4.22. The summed E-state index contributed by atoms with van der Waals surface area (Å²) in [4.78, 5) is 0. The minimum atomic E-state index is -0.131. The number of methoxy groups -OCH3 is 1. The third-order valence-electron chi connectivity index (χ3n) is 3.68. The van der Waals surface area contributed by atoms with Gasteiger partial charge in [0.25, 0.3) is 0 Å². The lowest BCUT2D eigenvalue weighted by Gasteiger charge is -2.10. The summed E-state index contributed by atoms with van der Waals surface area (Å²) in [5.74, 6) is 0.809. The molecule has 0 amide bonds. The summed E-state index contributed by atoms with van der Waals surface area (Å²) in [6.45, 7) is -0.131. The molecule has 1 N–H and O–H groups in total. The Morgan fingerprint density at radius 3 is 2.46 bits per heavy atom. The summed E-state index contributed by atoms with van der Waals surface area (Å²) < 4.78 is 6.92. The number of aromatic nitrogens is 2. The zero-order chi connectivity index (χ0) is 17.1. The Morgan fingerprint density at radius 1 is 1.08 bits per heavy atom. The Hall–Kier alpha value is -2.01. The van der Waals surface area contributed by atoms with E-state index in [0.717, 1.165) is 22.7 Å². The van der Waals surface area contributed by atoms with Crippen molar-refractivity contribution in [2.24, 2.45) is 0 Å². The van der Waals surface area contributed by atoms with Gasteiger partial charge in [0.05, 0.1) is 30.1 Å². The fourth-order valence-corrected chi connectivity index (χ4v) is 2.98. The second kappa shape index (κ2) is 7.26. The minimum absolute atomic E-state index is 0.131. The topological polar surface area (TPSA) is 47.3 Å². The molecule has 0 saturated heterocycles. The van der Waals surface area contributed by atoms with Gasteiger partial charge in [0.2, 0.25) is 0 Å². The molecular formula is C18H16Cl2N2O2. The number of nitrogens with zero attached hydrogens (tertiary/aromatic N) is 2. The van der Waals surface area contributed by atoms with E-state index in [2.05, 4.69) is 5.10 Å². The molecule has 1 aromatic heterocycles. The van der Waals surface area contributed by atoms with Gasteiger partial charge in [-0.3, -0.25) is 0 Å². The predicted octanol–water partition coefficient (Wildman–Crippen LogP) is 4.27. The van der Waals surface area contributed by atoms with Crippen LogP contribution in [0.3, 0.4) is 0 Å². The fourth-order valence-electron chi connectivity index (χ4n) is 2.49. The van der Waals surface area contributed by atoms with Gasteiger partial charge in [0.1, 0.15) is 5.75 Å². The van der Waals surface area contributed by atoms with Gasteiger partial charge in [-0.2, -0.15) is 5.10 Å². The molecule has 124 valence electrons. The van der Waals surface area contributed by atoms with E-state index in [1.165, 1.54) is 0 Å². The molecule has 0 aliphatic heterocycles. The van der Waals surface area contributed by atoms with Crippen molar-refractivity contribution >= 4 is 23.2 Å². The second-order valence-corrected chi connectivity index (χ2v) is 6.16. The number of ether oxygens (including phenoxy) is 1. The van der Waals surface area contributed by atoms with Crippen LogP contribution < -0.4 is 4.74 Å². The van der Waals surface area contributed by atoms with Crippen LogP contribution in [0.5, 0.6) is 5.75 Å². The summed E-state index contributed by atoms with van der Waals surface area (Å²) in [6, 6.07) is 15.0. The van der Waals surface area contributed by atoms with Gasteiger partial charge < -0.3 is 9.84 Å². The quantitative estimate of drug-likeness (QED) is 0.737. The van der Waals surface area contributed by atoms with E-state index in [1.54, 1.807) is 23.9 Å². The SMILES string of the molecule is COc1ccc(Cc2cc(CO)nn2-c2ccc(Cl)cc2Cl)cc1. The van der Waals surface area contributed by atoms with E-state index < -0.39 is 0 Å². The van der Waals surface area contributed by atoms with Crippen LogP contribution in [-0.4, -0.2) is 22.0 Å². The normalized spacial score (nSPS) is 10.8. The highest BCUT2D eigenvalue weighted by Crippen LogP contribution is 2.26. The second-order valence-electron chi connectivity index (χ2n) is 5.32. The number of aliphatic hydroxyl groups excluding tert-OH is 1. The van der Waals surface area contributed by atoms with Crippen molar-refractivity contribution in [3.63, 3.8) is 0 Å². The summed E-state index contributed by atoms with van der Waals surface area (Å²) in [5, 5.41) is 14.9. The van der Waals surface area contributed by atoms with Crippen LogP contribution >= 0.6 is 23.2 Å². The highest BCUT2D eigenvalue weighted by atomic mass is 35.5. The third kappa shape index (κ3) is 3.56. The first-order chi connectivity index (χ1) is 11.6. The smallest absolute Gasteiger partial charge is 0.118 e. The van der Waals surface area contributed by atoms with Crippen molar-refractivity contribution in [2.45, 2.75) is 13.0 Å². The molecule has 3 rings (SSSR count). The van der Waals surface area contributed by atoms with Crippen LogP contribution in [0.1, 0.15) is 17.0 Å². The van der Waals surface area contributed by atoms with Crippen molar-refractivity contribution in [1.82, 2.24) is 9.78 Å². The summed E-state index contributed by atoms with van der Waals surface area (Å²) in [6.07, 6.45) is 0.649. The zero-order valence-corrected chi connectivity index (χ0v) is 14.6. The first kappa shape index (κ1) is 16.8. The molecule has 24 heavy (non-hydrogen) atoms. The highest BCUT2D eigenvalue weighted by molar-refractivity contribution is 6.35. The Labute approximate surface area is 150 Å². The van der Waals surface area contributed by atoms with Gasteiger partial charge in [-0.15, -0.1) is 0 Å². The Morgan fingerprint density at radius 2 is 1.83 bits per heavy atom. The maximum Gasteiger partial charge on any atom is 0.118 e. The lowest BCUT2D eigenvalue weighted by Crippen LogP contribution is -2.04. The van der Waals surface area contributed by atoms with Crippen LogP contribution in [-0.2, 0) is 13.0 Å². The fraction of sp³-hybridized carbons (Fsp3) is 0.167. The van der Waals surface area contributed by atoms with Crippen LogP contribution in [0.15, 0.2) is 48.5 Å². The Bertz CT molecular complexity index is 845. The first-order valence-corrected chi connectivity index (χ1v) is 8.13. The maximum absolute atomic E-state index is 9.42. The molecule has 0 saturated carbocycles. The highest BCUT2D eigenvalue weighted by Gasteiger charge is 2.13. The molecule has 0 atom stereocenters. The van der Waals surface area contributed by atoms with Gasteiger partial charge in [-0.1, -0.05) is 35.3 Å². The number of hydrogen-bond acceptors (Lipinski definition) is 3. The van der Waals surface area contributed by atoms with Crippen LogP contribution in [0.4, 0.5) is 0 Å². The van der Waals surface area contributed by atoms with Gasteiger partial charge in [-0.25, -0.2) is 4.68 Å². The lowest BCUT2D eigenvalue weighted by molar-refractivity contribution is 0.276. The molecule has 0 radical (unpaired) electrons. The Kier molecular flexibility index (Phi) is 5.09. The van der Waals surface area contributed by atoms with Crippen LogP contribution in [0, 0.1) is 0 Å². The van der Waals surface area contributed by atoms with Gasteiger partial charge in [-0.05, 0) is 42.0 Å². The zero-order valence-electron chi connectivity index (χ0n) is 13.0. The minimum Gasteiger partial charge on any atom is -0.497 e. The summed E-state index contributed by atoms with van der Waals surface area (Å²) in [5.41, 5.74) is 3.34. The van der Waals surface area contributed by atoms with Crippen molar-refractivity contribution in [3.05, 3.63) is 75.5 Å². The Balaban J connectivity index is 1.99. The lowest BCUT2D eigenvalue weighted by atomic mass is 10.1. The van der Waals surface area contributed by atoms with Crippen molar-refractivity contribution < 1.29 is 9.84 Å². The van der Waals surface area contributed by atoms with Gasteiger partial charge in [0, 0.05) is 17.1 Å². The van der Waals surface area contributed by atoms with Crippen molar-refractivity contribution in [3.8, 4) is 11.4 Å². The van der Waals surface area contributed by atoms with E-state index in [0.29, 0.717) is 22.2 Å². The molecule has 3 aromatic rings. The molecule has 0 unspecified atom stereocenters. The number of hydrogen-bond donors (Lipinski definition) is 1. The molecule has 0 aliphatic rings. The molecule has 0 spiro atoms. The van der Waals surface area contributed by atoms with Crippen molar-refractivity contribution in [1.29, 1.82) is 0 Å². The number of halogens is 2. The molecule has 1 heterocycles. The van der Waals surface area contributed by atoms with Gasteiger partial charge in [0.15, 0.2) is 0 Å². The van der Waals surface area contributed by atoms with E-state index >= 15 is 0 Å². The standard InChI is InChI=1S/C18H16Cl2N2O2/c1-24-16-5-2-12(3-6-16)8-15-10-14(11-23)21-22(15)18-7-4-13(19)9-17(18)20/h2-7,9-10,23H,8,11H2,1H3. The summed E-state index contributed by atoms with van der Waals surface area (Å²) in [7, 11) is 1.64. The molecule has 0 fully saturated rings. The van der Waals surface area contributed by atoms with Crippen molar-refractivity contribution in [2.75, 3.05) is 7.11 Å². The summed E-state index contributed by atoms with van der Waals surface area (Å²) >= 11 is 12.3. The van der Waals surface area contributed by atoms with E-state index in [9.17, 15) is 5.11 Å². The van der Waals surface area contributed by atoms with Gasteiger partial charge >= 0.3 is 0 Å². The average Bonchev–Trinajstić information content (AvgIpc) is 2.98. The average molecular weight is 363 g/mol. The van der Waals surface area contributed by atoms with Crippen LogP contribution in [0.25, 0.3) is 5.69 Å². The largest absolute Gasteiger partial charge is 0.497 e. The number of aliphatic hydroxyl groups is 1. The molecule has 0 bridgehead atoms. The molecule has 6 heteroatoms.